The highest BCUT2D eigenvalue weighted by Gasteiger charge is 2.10. The number of rotatable bonds is 3. The average Bonchev–Trinajstić information content (AvgIpc) is 1.81. The number of nitrogens with two attached hydrogens (primary N) is 1. The Bertz CT molecular complexity index is 114. The maximum atomic E-state index is 8.73. The van der Waals surface area contributed by atoms with Crippen molar-refractivity contribution in [2.24, 2.45) is 11.7 Å². The van der Waals surface area contributed by atoms with E-state index in [1.807, 2.05) is 13.8 Å². The quantitative estimate of drug-likeness (QED) is 0.319. The molecule has 0 amide bonds. The fraction of sp³-hybridized carbons (Fsp3) is 0.833. The standard InChI is InChI=1S/C6H15N3O/c1-4(2)5(3-10)9-6(7)8/h4-5,10H,3H2,1-2H3,(H4,7,8,9). The van der Waals surface area contributed by atoms with Gasteiger partial charge in [0, 0.05) is 0 Å². The molecule has 60 valence electrons. The molecule has 0 saturated carbocycles. The highest BCUT2D eigenvalue weighted by molar-refractivity contribution is 5.74. The summed E-state index contributed by atoms with van der Waals surface area (Å²) in [5.41, 5.74) is 5.07. The summed E-state index contributed by atoms with van der Waals surface area (Å²) in [6.45, 7) is 3.92. The molecule has 1 atom stereocenters. The first-order valence-electron chi connectivity index (χ1n) is 3.29. The normalized spacial score (nSPS) is 13.2. The maximum Gasteiger partial charge on any atom is 0.186 e. The van der Waals surface area contributed by atoms with Crippen LogP contribution in [0.4, 0.5) is 0 Å². The first-order valence-corrected chi connectivity index (χ1v) is 3.29. The molecular formula is C6H15N3O. The fourth-order valence-electron chi connectivity index (χ4n) is 0.623. The van der Waals surface area contributed by atoms with Crippen molar-refractivity contribution in [1.29, 1.82) is 5.41 Å². The lowest BCUT2D eigenvalue weighted by Crippen LogP contribution is -2.44. The average molecular weight is 145 g/mol. The highest BCUT2D eigenvalue weighted by Crippen LogP contribution is 1.98. The van der Waals surface area contributed by atoms with Crippen molar-refractivity contribution in [3.63, 3.8) is 0 Å². The number of aliphatic hydroxyl groups excluding tert-OH is 1. The highest BCUT2D eigenvalue weighted by atomic mass is 16.3. The lowest BCUT2D eigenvalue weighted by Gasteiger charge is -2.19. The minimum atomic E-state index is -0.0995. The Morgan fingerprint density at radius 1 is 1.70 bits per heavy atom. The molecule has 0 fully saturated rings. The molecule has 0 aliphatic rings. The number of nitrogens with one attached hydrogen (secondary N) is 2. The van der Waals surface area contributed by atoms with Crippen LogP contribution < -0.4 is 11.1 Å². The van der Waals surface area contributed by atoms with E-state index in [-0.39, 0.29) is 24.5 Å². The van der Waals surface area contributed by atoms with Crippen molar-refractivity contribution in [1.82, 2.24) is 5.32 Å². The second-order valence-electron chi connectivity index (χ2n) is 2.59. The van der Waals surface area contributed by atoms with Crippen molar-refractivity contribution in [2.75, 3.05) is 6.61 Å². The van der Waals surface area contributed by atoms with Crippen molar-refractivity contribution < 1.29 is 5.11 Å². The van der Waals surface area contributed by atoms with Gasteiger partial charge in [0.2, 0.25) is 0 Å². The first-order chi connectivity index (χ1) is 4.57. The predicted octanol–water partition coefficient (Wildman–Crippen LogP) is -0.514. The van der Waals surface area contributed by atoms with Crippen molar-refractivity contribution >= 4 is 5.96 Å². The Morgan fingerprint density at radius 3 is 2.30 bits per heavy atom. The zero-order chi connectivity index (χ0) is 8.15. The minimum Gasteiger partial charge on any atom is -0.394 e. The summed E-state index contributed by atoms with van der Waals surface area (Å²) in [6, 6.07) is -0.0995. The zero-order valence-electron chi connectivity index (χ0n) is 6.39. The lowest BCUT2D eigenvalue weighted by molar-refractivity contribution is 0.225. The molecule has 0 aromatic rings. The summed E-state index contributed by atoms with van der Waals surface area (Å²) in [5, 5.41) is 18.2. The van der Waals surface area contributed by atoms with Gasteiger partial charge >= 0.3 is 0 Å². The van der Waals surface area contributed by atoms with Gasteiger partial charge < -0.3 is 16.2 Å². The van der Waals surface area contributed by atoms with Crippen LogP contribution in [-0.2, 0) is 0 Å². The van der Waals surface area contributed by atoms with Crippen LogP contribution in [0.2, 0.25) is 0 Å². The van der Waals surface area contributed by atoms with Crippen LogP contribution in [0.25, 0.3) is 0 Å². The van der Waals surface area contributed by atoms with E-state index in [4.69, 9.17) is 16.2 Å². The molecule has 0 aromatic carbocycles. The number of hydrogen-bond acceptors (Lipinski definition) is 2. The topological polar surface area (TPSA) is 82.1 Å². The molecule has 0 aliphatic heterocycles. The van der Waals surface area contributed by atoms with Gasteiger partial charge in [0.1, 0.15) is 0 Å². The molecule has 0 aromatic heterocycles. The van der Waals surface area contributed by atoms with Crippen molar-refractivity contribution in [2.45, 2.75) is 19.9 Å². The molecule has 0 radical (unpaired) electrons. The summed E-state index contributed by atoms with van der Waals surface area (Å²) < 4.78 is 0. The molecule has 5 N–H and O–H groups in total. The van der Waals surface area contributed by atoms with Gasteiger partial charge in [0.05, 0.1) is 12.6 Å². The molecule has 0 bridgehead atoms. The summed E-state index contributed by atoms with van der Waals surface area (Å²) in [4.78, 5) is 0. The van der Waals surface area contributed by atoms with E-state index in [1.165, 1.54) is 0 Å². The summed E-state index contributed by atoms with van der Waals surface area (Å²) in [6.07, 6.45) is 0. The Labute approximate surface area is 60.9 Å². The van der Waals surface area contributed by atoms with E-state index in [9.17, 15) is 0 Å². The Morgan fingerprint density at radius 2 is 2.20 bits per heavy atom. The molecule has 1 unspecified atom stereocenters. The molecule has 0 spiro atoms. The molecular weight excluding hydrogens is 130 g/mol. The van der Waals surface area contributed by atoms with E-state index in [1.54, 1.807) is 0 Å². The summed E-state index contributed by atoms with van der Waals surface area (Å²) in [7, 11) is 0. The third-order valence-corrected chi connectivity index (χ3v) is 1.34. The maximum absolute atomic E-state index is 8.73. The van der Waals surface area contributed by atoms with E-state index < -0.39 is 0 Å². The molecule has 4 heteroatoms. The van der Waals surface area contributed by atoms with Gasteiger partial charge in [-0.3, -0.25) is 5.41 Å². The van der Waals surface area contributed by atoms with Crippen LogP contribution in [0.1, 0.15) is 13.8 Å². The Balaban J connectivity index is 3.71. The number of hydrogen-bond donors (Lipinski definition) is 4. The minimum absolute atomic E-state index is 0.0112. The second kappa shape index (κ2) is 4.11. The SMILES string of the molecule is CC(C)C(CO)NC(=N)N. The lowest BCUT2D eigenvalue weighted by atomic mass is 10.1. The van der Waals surface area contributed by atoms with E-state index in [0.717, 1.165) is 0 Å². The van der Waals surface area contributed by atoms with Gasteiger partial charge in [-0.2, -0.15) is 0 Å². The fourth-order valence-corrected chi connectivity index (χ4v) is 0.623. The first kappa shape index (κ1) is 9.23. The van der Waals surface area contributed by atoms with Gasteiger partial charge in [-0.1, -0.05) is 13.8 Å². The van der Waals surface area contributed by atoms with E-state index in [0.29, 0.717) is 0 Å². The van der Waals surface area contributed by atoms with Crippen molar-refractivity contribution in [3.05, 3.63) is 0 Å². The van der Waals surface area contributed by atoms with Gasteiger partial charge in [0.25, 0.3) is 0 Å². The second-order valence-corrected chi connectivity index (χ2v) is 2.59. The van der Waals surface area contributed by atoms with Gasteiger partial charge in [-0.15, -0.1) is 0 Å². The van der Waals surface area contributed by atoms with Crippen LogP contribution in [0, 0.1) is 11.3 Å². The van der Waals surface area contributed by atoms with Gasteiger partial charge in [0.15, 0.2) is 5.96 Å². The van der Waals surface area contributed by atoms with Crippen LogP contribution >= 0.6 is 0 Å². The van der Waals surface area contributed by atoms with Crippen LogP contribution in [0.3, 0.4) is 0 Å². The Kier molecular flexibility index (Phi) is 3.79. The van der Waals surface area contributed by atoms with Crippen LogP contribution in [0.15, 0.2) is 0 Å². The third kappa shape index (κ3) is 3.29. The largest absolute Gasteiger partial charge is 0.394 e. The van der Waals surface area contributed by atoms with E-state index in [2.05, 4.69) is 5.32 Å². The molecule has 10 heavy (non-hydrogen) atoms. The Hall–Kier alpha value is -0.770. The van der Waals surface area contributed by atoms with Gasteiger partial charge in [-0.25, -0.2) is 0 Å². The predicted molar refractivity (Wildman–Crippen MR) is 40.8 cm³/mol. The summed E-state index contributed by atoms with van der Waals surface area (Å²) >= 11 is 0. The molecule has 0 aliphatic carbocycles. The number of guanidine groups is 1. The monoisotopic (exact) mass is 145 g/mol. The molecule has 0 rings (SSSR count). The van der Waals surface area contributed by atoms with E-state index >= 15 is 0 Å². The third-order valence-electron chi connectivity index (χ3n) is 1.34. The molecule has 0 heterocycles. The van der Waals surface area contributed by atoms with Crippen molar-refractivity contribution in [3.8, 4) is 0 Å². The molecule has 0 saturated heterocycles. The number of aliphatic hydroxyl groups is 1. The van der Waals surface area contributed by atoms with Crippen LogP contribution in [-0.4, -0.2) is 23.7 Å². The molecule has 4 nitrogen and oxygen atoms in total. The zero-order valence-corrected chi connectivity index (χ0v) is 6.39. The summed E-state index contributed by atoms with van der Waals surface area (Å²) in [5.74, 6) is 0.196. The van der Waals surface area contributed by atoms with Crippen LogP contribution in [0.5, 0.6) is 0 Å². The smallest absolute Gasteiger partial charge is 0.186 e. The van der Waals surface area contributed by atoms with Gasteiger partial charge in [-0.05, 0) is 5.92 Å².